The van der Waals surface area contributed by atoms with Gasteiger partial charge in [-0.1, -0.05) is 42.5 Å². The van der Waals surface area contributed by atoms with E-state index in [1.54, 1.807) is 7.11 Å². The van der Waals surface area contributed by atoms with E-state index in [9.17, 15) is 0 Å². The Labute approximate surface area is 189 Å². The van der Waals surface area contributed by atoms with Gasteiger partial charge in [-0.2, -0.15) is 0 Å². The zero-order chi connectivity index (χ0) is 19.1. The Morgan fingerprint density at radius 3 is 2.00 bits per heavy atom. The number of hydrogen-bond donors (Lipinski definition) is 1. The molecule has 0 saturated heterocycles. The molecule has 0 fully saturated rings. The zero-order valence-electron chi connectivity index (χ0n) is 15.5. The molecule has 3 aromatic carbocycles. The number of hydrogen-bond acceptors (Lipinski definition) is 3. The zero-order valence-corrected chi connectivity index (χ0v) is 19.4. The maximum Gasteiger partial charge on any atom is 0.148 e. The average Bonchev–Trinajstić information content (AvgIpc) is 2.69. The van der Waals surface area contributed by atoms with Gasteiger partial charge in [-0.3, -0.25) is 0 Å². The highest BCUT2D eigenvalue weighted by atomic mass is 79.9. The monoisotopic (exact) mass is 525 g/mol. The van der Waals surface area contributed by atoms with Crippen molar-refractivity contribution >= 4 is 44.3 Å². The number of methoxy groups -OCH3 is 1. The number of rotatable bonds is 8. The molecule has 0 spiro atoms. The lowest BCUT2D eigenvalue weighted by atomic mass is 10.2. The van der Waals surface area contributed by atoms with E-state index in [0.717, 1.165) is 39.1 Å². The van der Waals surface area contributed by atoms with Crippen molar-refractivity contribution in [3.05, 3.63) is 92.4 Å². The van der Waals surface area contributed by atoms with Crippen molar-refractivity contribution in [2.24, 2.45) is 0 Å². The quantitative estimate of drug-likeness (QED) is 0.362. The van der Waals surface area contributed by atoms with Crippen LogP contribution in [0.4, 0.5) is 0 Å². The highest BCUT2D eigenvalue weighted by Crippen LogP contribution is 2.35. The van der Waals surface area contributed by atoms with Crippen LogP contribution in [0.3, 0.4) is 0 Å². The van der Waals surface area contributed by atoms with Gasteiger partial charge in [0.05, 0.1) is 16.1 Å². The van der Waals surface area contributed by atoms with Gasteiger partial charge in [-0.25, -0.2) is 0 Å². The maximum atomic E-state index is 5.98. The first-order valence-electron chi connectivity index (χ1n) is 8.64. The fraction of sp³-hybridized carbons (Fsp3) is 0.182. The lowest BCUT2D eigenvalue weighted by molar-refractivity contribution is 0.302. The van der Waals surface area contributed by atoms with Crippen LogP contribution < -0.4 is 14.8 Å². The van der Waals surface area contributed by atoms with Crippen LogP contribution in [0.2, 0.25) is 0 Å². The molecule has 3 rings (SSSR count). The van der Waals surface area contributed by atoms with E-state index in [1.807, 2.05) is 30.3 Å². The van der Waals surface area contributed by atoms with E-state index >= 15 is 0 Å². The van der Waals surface area contributed by atoms with Gasteiger partial charge in [0.15, 0.2) is 0 Å². The molecule has 0 heterocycles. The summed E-state index contributed by atoms with van der Waals surface area (Å²) in [4.78, 5) is 0. The molecule has 28 heavy (non-hydrogen) atoms. The molecular formula is C22H22Br2ClNO2. The van der Waals surface area contributed by atoms with Crippen LogP contribution in [0.25, 0.3) is 0 Å². The normalized spacial score (nSPS) is 10.2. The SMILES string of the molecule is COc1ccc(CNCc2cc(Br)c(OCc3ccccc3)c(Br)c2)cc1.Cl. The van der Waals surface area contributed by atoms with Gasteiger partial charge in [0.25, 0.3) is 0 Å². The summed E-state index contributed by atoms with van der Waals surface area (Å²) in [7, 11) is 1.68. The van der Waals surface area contributed by atoms with Gasteiger partial charge in [0.1, 0.15) is 18.1 Å². The standard InChI is InChI=1S/C22H21Br2NO2.ClH/c1-26-19-9-7-16(8-10-19)13-25-14-18-11-20(23)22(21(24)12-18)27-15-17-5-3-2-4-6-17;/h2-12,25H,13-15H2,1H3;1H. The van der Waals surface area contributed by atoms with E-state index < -0.39 is 0 Å². The van der Waals surface area contributed by atoms with Crippen LogP contribution in [0.5, 0.6) is 11.5 Å². The molecule has 0 unspecified atom stereocenters. The molecule has 0 amide bonds. The van der Waals surface area contributed by atoms with Gasteiger partial charge < -0.3 is 14.8 Å². The summed E-state index contributed by atoms with van der Waals surface area (Å²) >= 11 is 7.26. The fourth-order valence-electron chi connectivity index (χ4n) is 2.68. The first-order valence-corrected chi connectivity index (χ1v) is 10.2. The molecule has 0 aliphatic carbocycles. The first-order chi connectivity index (χ1) is 13.2. The molecule has 0 atom stereocenters. The average molecular weight is 528 g/mol. The Bertz CT molecular complexity index is 850. The third kappa shape index (κ3) is 6.52. The van der Waals surface area contributed by atoms with Gasteiger partial charge in [-0.05, 0) is 72.8 Å². The van der Waals surface area contributed by atoms with Crippen LogP contribution in [-0.2, 0) is 19.7 Å². The van der Waals surface area contributed by atoms with Crippen LogP contribution in [0.15, 0.2) is 75.7 Å². The van der Waals surface area contributed by atoms with Crippen molar-refractivity contribution in [2.45, 2.75) is 19.7 Å². The molecule has 0 aliphatic rings. The van der Waals surface area contributed by atoms with E-state index in [-0.39, 0.29) is 12.4 Å². The highest BCUT2D eigenvalue weighted by Gasteiger charge is 2.09. The summed E-state index contributed by atoms with van der Waals surface area (Å²) in [6.07, 6.45) is 0. The van der Waals surface area contributed by atoms with Crippen molar-refractivity contribution in [3.8, 4) is 11.5 Å². The fourth-order valence-corrected chi connectivity index (χ4v) is 4.19. The van der Waals surface area contributed by atoms with Crippen LogP contribution in [-0.4, -0.2) is 7.11 Å². The Kier molecular flexibility index (Phi) is 9.32. The second-order valence-electron chi connectivity index (χ2n) is 6.11. The second-order valence-corrected chi connectivity index (χ2v) is 7.82. The molecule has 148 valence electrons. The van der Waals surface area contributed by atoms with Crippen molar-refractivity contribution in [1.82, 2.24) is 5.32 Å². The van der Waals surface area contributed by atoms with Crippen molar-refractivity contribution in [3.63, 3.8) is 0 Å². The minimum atomic E-state index is 0. The predicted molar refractivity (Wildman–Crippen MR) is 123 cm³/mol. The van der Waals surface area contributed by atoms with E-state index in [2.05, 4.69) is 73.6 Å². The van der Waals surface area contributed by atoms with E-state index in [1.165, 1.54) is 11.1 Å². The lowest BCUT2D eigenvalue weighted by Gasteiger charge is -2.13. The van der Waals surface area contributed by atoms with Gasteiger partial charge in [-0.15, -0.1) is 12.4 Å². The Morgan fingerprint density at radius 2 is 1.39 bits per heavy atom. The Balaban J connectivity index is 0.00000280. The lowest BCUT2D eigenvalue weighted by Crippen LogP contribution is -2.12. The molecule has 0 bridgehead atoms. The van der Waals surface area contributed by atoms with Crippen molar-refractivity contribution < 1.29 is 9.47 Å². The Hall–Kier alpha value is -1.53. The second kappa shape index (κ2) is 11.5. The number of halogens is 3. The highest BCUT2D eigenvalue weighted by molar-refractivity contribution is 9.11. The number of nitrogens with one attached hydrogen (secondary N) is 1. The maximum absolute atomic E-state index is 5.98. The number of benzene rings is 3. The van der Waals surface area contributed by atoms with Crippen LogP contribution >= 0.6 is 44.3 Å². The van der Waals surface area contributed by atoms with E-state index in [0.29, 0.717) is 6.61 Å². The summed E-state index contributed by atoms with van der Waals surface area (Å²) in [6, 6.07) is 22.4. The summed E-state index contributed by atoms with van der Waals surface area (Å²) in [5.74, 6) is 1.69. The third-order valence-electron chi connectivity index (χ3n) is 4.10. The topological polar surface area (TPSA) is 30.5 Å². The summed E-state index contributed by atoms with van der Waals surface area (Å²) in [5, 5.41) is 3.46. The predicted octanol–water partition coefficient (Wildman–Crippen LogP) is 6.51. The summed E-state index contributed by atoms with van der Waals surface area (Å²) in [6.45, 7) is 2.10. The molecule has 3 aromatic rings. The minimum Gasteiger partial charge on any atom is -0.497 e. The van der Waals surface area contributed by atoms with Crippen LogP contribution in [0.1, 0.15) is 16.7 Å². The van der Waals surface area contributed by atoms with Crippen molar-refractivity contribution in [2.75, 3.05) is 7.11 Å². The third-order valence-corrected chi connectivity index (χ3v) is 5.28. The first kappa shape index (κ1) is 22.8. The van der Waals surface area contributed by atoms with E-state index in [4.69, 9.17) is 9.47 Å². The summed E-state index contributed by atoms with van der Waals surface area (Å²) < 4.78 is 13.0. The molecule has 0 aromatic heterocycles. The van der Waals surface area contributed by atoms with Crippen LogP contribution in [0, 0.1) is 0 Å². The molecule has 3 nitrogen and oxygen atoms in total. The van der Waals surface area contributed by atoms with Crippen molar-refractivity contribution in [1.29, 1.82) is 0 Å². The molecule has 6 heteroatoms. The molecule has 0 radical (unpaired) electrons. The number of ether oxygens (including phenoxy) is 2. The molecule has 1 N–H and O–H groups in total. The molecular weight excluding hydrogens is 506 g/mol. The Morgan fingerprint density at radius 1 is 0.786 bits per heavy atom. The smallest absolute Gasteiger partial charge is 0.148 e. The molecule has 0 aliphatic heterocycles. The van der Waals surface area contributed by atoms with Gasteiger partial charge in [0, 0.05) is 13.1 Å². The summed E-state index contributed by atoms with van der Waals surface area (Å²) in [5.41, 5.74) is 3.53. The molecule has 0 saturated carbocycles. The minimum absolute atomic E-state index is 0. The van der Waals surface area contributed by atoms with Gasteiger partial charge >= 0.3 is 0 Å². The van der Waals surface area contributed by atoms with Gasteiger partial charge in [0.2, 0.25) is 0 Å². The largest absolute Gasteiger partial charge is 0.497 e.